The molecule has 0 aliphatic rings. The van der Waals surface area contributed by atoms with Crippen LogP contribution in [0.2, 0.25) is 0 Å². The fourth-order valence-corrected chi connectivity index (χ4v) is 10.9. The molecule has 0 aliphatic heterocycles. The molecule has 0 saturated heterocycles. The van der Waals surface area contributed by atoms with E-state index in [1.165, 1.54) is 360 Å². The minimum Gasteiger partial charge on any atom is -0.387 e. The van der Waals surface area contributed by atoms with Gasteiger partial charge in [-0.15, -0.1) is 0 Å². The zero-order valence-corrected chi connectivity index (χ0v) is 66.7. The van der Waals surface area contributed by atoms with Crippen LogP contribution in [0.4, 0.5) is 0 Å². The summed E-state index contributed by atoms with van der Waals surface area (Å²) < 4.78 is 0.170. The largest absolute Gasteiger partial charge is 4.00 e. The molecule has 0 atom stereocenters. The van der Waals surface area contributed by atoms with Gasteiger partial charge in [-0.1, -0.05) is 387 Å². The molecule has 0 unspecified atom stereocenters. The van der Waals surface area contributed by atoms with Crippen molar-refractivity contribution in [1.82, 2.24) is 0 Å². The Kier molecular flexibility index (Phi) is 106. The van der Waals surface area contributed by atoms with Crippen molar-refractivity contribution < 1.29 is 60.2 Å². The average Bonchev–Trinajstić information content (AvgIpc) is 3.50. The zero-order chi connectivity index (χ0) is 65.2. The second kappa shape index (κ2) is 95.4. The van der Waals surface area contributed by atoms with Gasteiger partial charge in [0.2, 0.25) is 0 Å². The van der Waals surface area contributed by atoms with E-state index in [4.69, 9.17) is 19.6 Å². The number of hydrogen-bond donors (Lipinski definition) is 0. The summed E-state index contributed by atoms with van der Waals surface area (Å²) in [6, 6.07) is 0. The molecule has 0 aromatic carbocycles. The fraction of sp³-hybridized carbons (Fsp3) is 0.944. The van der Waals surface area contributed by atoms with Gasteiger partial charge in [0.25, 0.3) is 0 Å². The molecule has 8 nitrogen and oxygen atoms in total. The smallest absolute Gasteiger partial charge is 0.387 e. The summed E-state index contributed by atoms with van der Waals surface area (Å²) in [4.78, 5) is 37.9. The van der Waals surface area contributed by atoms with E-state index in [-0.39, 0.29) is 38.6 Å². The van der Waals surface area contributed by atoms with Crippen molar-refractivity contribution in [3.05, 3.63) is 0 Å². The molecule has 0 spiro atoms. The van der Waals surface area contributed by atoms with Crippen LogP contribution >= 0.6 is 48.9 Å². The van der Waals surface area contributed by atoms with E-state index in [0.29, 0.717) is 26.4 Å². The van der Waals surface area contributed by atoms with Crippen LogP contribution in [-0.2, 0) is 111 Å². The Bertz CT molecular complexity index is 1140. The predicted octanol–water partition coefficient (Wildman–Crippen LogP) is 26.5. The maximum absolute atomic E-state index is 4.86. The molecule has 0 bridgehead atoms. The fourth-order valence-electron chi connectivity index (χ4n) is 10.5. The van der Waals surface area contributed by atoms with Gasteiger partial charge in [-0.2, -0.15) is 19.6 Å². The van der Waals surface area contributed by atoms with Crippen LogP contribution in [0, 0.1) is 0 Å². The second-order valence-corrected chi connectivity index (χ2v) is 28.4. The van der Waals surface area contributed by atoms with Crippen LogP contribution in [0.15, 0.2) is 0 Å². The molecule has 17 heteroatoms. The monoisotopic (exact) mass is 1490 g/mol. The van der Waals surface area contributed by atoms with Gasteiger partial charge >= 0.3 is 21.1 Å². The quantitative estimate of drug-likeness (QED) is 0.0145. The molecular weight excluding hydrogens is 1350 g/mol. The molecule has 0 aromatic rings. The van der Waals surface area contributed by atoms with E-state index in [9.17, 15) is 0 Å². The maximum atomic E-state index is 4.86. The van der Waals surface area contributed by atoms with Crippen molar-refractivity contribution in [2.75, 3.05) is 26.4 Å². The Morgan fingerprint density at radius 1 is 0.180 bits per heavy atom. The van der Waals surface area contributed by atoms with E-state index in [0.717, 1.165) is 25.7 Å². The van der Waals surface area contributed by atoms with Crippen molar-refractivity contribution in [2.45, 2.75) is 413 Å². The molecule has 0 saturated carbocycles. The third-order valence-corrected chi connectivity index (χ3v) is 16.4. The van der Waals surface area contributed by atoms with E-state index >= 15 is 0 Å². The number of rotatable bonds is 68. The first-order valence-corrected chi connectivity index (χ1v) is 40.4. The van der Waals surface area contributed by atoms with Gasteiger partial charge in [-0.05, 0) is 25.7 Å². The summed E-state index contributed by atoms with van der Waals surface area (Å²) in [7, 11) is 0. The summed E-state index contributed by atoms with van der Waals surface area (Å²) in [5.74, 6) is 0. The second-order valence-electron chi connectivity index (χ2n) is 24.4. The molecule has 0 fully saturated rings. The first kappa shape index (κ1) is 98.6. The summed E-state index contributed by atoms with van der Waals surface area (Å²) >= 11 is 36.6. The van der Waals surface area contributed by atoms with Crippen molar-refractivity contribution in [1.29, 1.82) is 0 Å². The molecule has 89 heavy (non-hydrogen) atoms. The van der Waals surface area contributed by atoms with Gasteiger partial charge in [0.05, 0.1) is 44.0 Å². The van der Waals surface area contributed by atoms with Crippen LogP contribution < -0.4 is 0 Å². The zero-order valence-electron chi connectivity index (χ0n) is 58.2. The van der Waals surface area contributed by atoms with E-state index in [2.05, 4.69) is 147 Å². The van der Waals surface area contributed by atoms with E-state index in [1.807, 2.05) is 0 Å². The van der Waals surface area contributed by atoms with Crippen molar-refractivity contribution in [3.63, 3.8) is 0 Å². The number of thiocarbonyl (C=S) groups is 4. The first-order chi connectivity index (χ1) is 43.1. The van der Waals surface area contributed by atoms with E-state index < -0.39 is 0 Å². The van der Waals surface area contributed by atoms with Crippen LogP contribution in [-0.4, -0.2) is 44.0 Å². The predicted molar refractivity (Wildman–Crippen MR) is 408 cm³/mol. The minimum atomic E-state index is 0. The van der Waals surface area contributed by atoms with Gasteiger partial charge in [-0.3, -0.25) is 0 Å². The summed E-state index contributed by atoms with van der Waals surface area (Å²) in [6.45, 7) is 11.5. The Morgan fingerprint density at radius 3 is 0.360 bits per heavy atom. The van der Waals surface area contributed by atoms with Crippen LogP contribution in [0.1, 0.15) is 413 Å². The van der Waals surface area contributed by atoms with Crippen LogP contribution in [0.5, 0.6) is 0 Å². The van der Waals surface area contributed by atoms with Gasteiger partial charge in [0.15, 0.2) is 0 Å². The molecular formula is C72H140MoO8S8. The molecule has 0 amide bonds. The third-order valence-electron chi connectivity index (χ3n) is 15.8. The topological polar surface area (TPSA) is 73.8 Å². The van der Waals surface area contributed by atoms with Crippen LogP contribution in [0.3, 0.4) is 0 Å². The summed E-state index contributed by atoms with van der Waals surface area (Å²) in [6.07, 6.45) is 81.9. The van der Waals surface area contributed by atoms with Gasteiger partial charge in [0, 0.05) is 0 Å². The maximum Gasteiger partial charge on any atom is 4.00 e. The third kappa shape index (κ3) is 114. The molecule has 0 aromatic heterocycles. The first-order valence-electron chi connectivity index (χ1n) is 37.1. The van der Waals surface area contributed by atoms with Crippen LogP contribution in [0.25, 0.3) is 0 Å². The molecule has 0 heterocycles. The summed E-state index contributed by atoms with van der Waals surface area (Å²) in [5.41, 5.74) is 0. The average molecular weight is 1490 g/mol. The normalized spacial score (nSPS) is 10.7. The Labute approximate surface area is 611 Å². The SMILES string of the molecule is CCCCCCCCCCCCCCCCCOOC(=S)[S-].CCCCCCCCCCCCCCCCCOOC(=S)[S-].CCCCCCCCCCCCCCCCCOOC(=S)[S-].CCCCCCCCCCCCCCCCCOOC(=S)[S-].[Mo+4]. The van der Waals surface area contributed by atoms with Gasteiger partial charge in [-0.25, -0.2) is 0 Å². The van der Waals surface area contributed by atoms with Crippen molar-refractivity contribution in [2.24, 2.45) is 0 Å². The molecule has 0 rings (SSSR count). The van der Waals surface area contributed by atoms with E-state index in [1.54, 1.807) is 0 Å². The Balaban J connectivity index is -0.000000351. The molecule has 0 radical (unpaired) electrons. The Morgan fingerprint density at radius 2 is 0.270 bits per heavy atom. The van der Waals surface area contributed by atoms with Crippen molar-refractivity contribution >= 4 is 117 Å². The number of unbranched alkanes of at least 4 members (excludes halogenated alkanes) is 56. The summed E-state index contributed by atoms with van der Waals surface area (Å²) in [5, 5.41) is 0. The van der Waals surface area contributed by atoms with Gasteiger partial charge in [0.1, 0.15) is 0 Å². The number of hydrogen-bond acceptors (Lipinski definition) is 16. The van der Waals surface area contributed by atoms with Gasteiger partial charge < -0.3 is 119 Å². The van der Waals surface area contributed by atoms with Crippen molar-refractivity contribution in [3.8, 4) is 0 Å². The minimum absolute atomic E-state index is 0. The molecule has 530 valence electrons. The molecule has 0 aliphatic carbocycles. The molecule has 0 N–H and O–H groups in total. The standard InChI is InChI=1S/4C18H36O2S2.Mo/c4*1-2-3-4-5-6-7-8-9-10-11-12-13-14-15-16-17-19-20-18(21)22;/h4*2-17H2,1H3,(H,21,22);/q;;;;+4/p-4. The Hall–Kier alpha value is 0.968.